The molecule has 0 amide bonds. The van der Waals surface area contributed by atoms with Gasteiger partial charge in [-0.3, -0.25) is 4.72 Å². The number of benzene rings is 2. The number of hydrogen-bond donors (Lipinski definition) is 1. The summed E-state index contributed by atoms with van der Waals surface area (Å²) in [4.78, 5) is 4.09. The number of ether oxygens (including phenoxy) is 1. The Hall–Kier alpha value is -2.39. The van der Waals surface area contributed by atoms with Gasteiger partial charge < -0.3 is 4.74 Å². The standard InChI is InChI=1S/C17H17BrN4O3S/c1-13-5-6-14(18)9-17(13)26(23,24)21-15-3-2-4-16(10-15)25-8-7-22-12-19-11-20-22/h2-6,9-12,21H,7-8H2,1H3. The van der Waals surface area contributed by atoms with E-state index < -0.39 is 10.0 Å². The van der Waals surface area contributed by atoms with Crippen LogP contribution in [0.2, 0.25) is 0 Å². The minimum Gasteiger partial charge on any atom is -0.492 e. The first-order chi connectivity index (χ1) is 12.4. The second-order valence-electron chi connectivity index (χ2n) is 5.55. The molecule has 9 heteroatoms. The number of rotatable bonds is 7. The molecule has 0 aliphatic rings. The summed E-state index contributed by atoms with van der Waals surface area (Å²) in [7, 11) is -3.70. The molecule has 0 aliphatic heterocycles. The van der Waals surface area contributed by atoms with Crippen LogP contribution < -0.4 is 9.46 Å². The van der Waals surface area contributed by atoms with Crippen LogP contribution in [0.15, 0.2) is 64.5 Å². The van der Waals surface area contributed by atoms with Crippen LogP contribution in [0.5, 0.6) is 5.75 Å². The number of sulfonamides is 1. The zero-order chi connectivity index (χ0) is 18.6. The van der Waals surface area contributed by atoms with E-state index in [2.05, 4.69) is 30.7 Å². The third kappa shape index (κ3) is 4.61. The molecule has 3 rings (SSSR count). The van der Waals surface area contributed by atoms with Crippen molar-refractivity contribution in [3.05, 3.63) is 65.2 Å². The van der Waals surface area contributed by atoms with Gasteiger partial charge in [-0.1, -0.05) is 28.1 Å². The molecule has 0 spiro atoms. The van der Waals surface area contributed by atoms with Gasteiger partial charge in [-0.05, 0) is 36.8 Å². The van der Waals surface area contributed by atoms with E-state index in [1.807, 2.05) is 0 Å². The predicted octanol–water partition coefficient (Wildman–Crippen LogP) is 3.23. The van der Waals surface area contributed by atoms with Crippen molar-refractivity contribution < 1.29 is 13.2 Å². The third-order valence-electron chi connectivity index (χ3n) is 3.58. The Bertz CT molecular complexity index is 991. The largest absolute Gasteiger partial charge is 0.492 e. The quantitative estimate of drug-likeness (QED) is 0.614. The third-order valence-corrected chi connectivity index (χ3v) is 5.60. The minimum absolute atomic E-state index is 0.226. The summed E-state index contributed by atoms with van der Waals surface area (Å²) in [6.07, 6.45) is 3.06. The van der Waals surface area contributed by atoms with E-state index in [-0.39, 0.29) is 4.90 Å². The van der Waals surface area contributed by atoms with Crippen molar-refractivity contribution in [2.24, 2.45) is 0 Å². The Morgan fingerprint density at radius 1 is 1.23 bits per heavy atom. The lowest BCUT2D eigenvalue weighted by Gasteiger charge is -2.12. The summed E-state index contributed by atoms with van der Waals surface area (Å²) in [5.74, 6) is 0.566. The second-order valence-corrected chi connectivity index (χ2v) is 8.12. The average molecular weight is 437 g/mol. The predicted molar refractivity (Wildman–Crippen MR) is 102 cm³/mol. The van der Waals surface area contributed by atoms with Crippen molar-refractivity contribution >= 4 is 31.6 Å². The Kier molecular flexibility index (Phi) is 5.58. The van der Waals surface area contributed by atoms with Crippen molar-refractivity contribution in [1.82, 2.24) is 14.8 Å². The van der Waals surface area contributed by atoms with Crippen molar-refractivity contribution in [3.8, 4) is 5.75 Å². The lowest BCUT2D eigenvalue weighted by molar-refractivity contribution is 0.291. The van der Waals surface area contributed by atoms with Gasteiger partial charge in [-0.15, -0.1) is 0 Å². The van der Waals surface area contributed by atoms with Crippen molar-refractivity contribution in [2.45, 2.75) is 18.4 Å². The molecule has 1 N–H and O–H groups in total. The van der Waals surface area contributed by atoms with Gasteiger partial charge in [-0.2, -0.15) is 5.10 Å². The first-order valence-electron chi connectivity index (χ1n) is 7.78. The molecule has 0 aliphatic carbocycles. The fraction of sp³-hybridized carbons (Fsp3) is 0.176. The average Bonchev–Trinajstić information content (AvgIpc) is 3.10. The number of aromatic nitrogens is 3. The molecule has 2 aromatic carbocycles. The second kappa shape index (κ2) is 7.88. The maximum atomic E-state index is 12.7. The highest BCUT2D eigenvalue weighted by Gasteiger charge is 2.17. The highest BCUT2D eigenvalue weighted by atomic mass is 79.9. The monoisotopic (exact) mass is 436 g/mol. The lowest BCUT2D eigenvalue weighted by Crippen LogP contribution is -2.14. The number of hydrogen-bond acceptors (Lipinski definition) is 5. The summed E-state index contributed by atoms with van der Waals surface area (Å²) in [6.45, 7) is 2.70. The van der Waals surface area contributed by atoms with Crippen LogP contribution >= 0.6 is 15.9 Å². The van der Waals surface area contributed by atoms with Gasteiger partial charge in [0.25, 0.3) is 10.0 Å². The highest BCUT2D eigenvalue weighted by Crippen LogP contribution is 2.25. The molecule has 0 saturated carbocycles. The van der Waals surface area contributed by atoms with E-state index >= 15 is 0 Å². The van der Waals surface area contributed by atoms with E-state index in [0.717, 1.165) is 0 Å². The van der Waals surface area contributed by atoms with Crippen LogP contribution in [-0.4, -0.2) is 29.8 Å². The first-order valence-corrected chi connectivity index (χ1v) is 10.1. The van der Waals surface area contributed by atoms with Crippen LogP contribution in [-0.2, 0) is 16.6 Å². The van der Waals surface area contributed by atoms with Gasteiger partial charge in [0.2, 0.25) is 0 Å². The van der Waals surface area contributed by atoms with Gasteiger partial charge in [0.15, 0.2) is 0 Å². The molecule has 7 nitrogen and oxygen atoms in total. The van der Waals surface area contributed by atoms with Crippen molar-refractivity contribution in [2.75, 3.05) is 11.3 Å². The summed E-state index contributed by atoms with van der Waals surface area (Å²) in [5, 5.41) is 3.99. The molecule has 0 bridgehead atoms. The minimum atomic E-state index is -3.70. The zero-order valence-corrected chi connectivity index (χ0v) is 16.4. The van der Waals surface area contributed by atoms with E-state index in [9.17, 15) is 8.42 Å². The lowest BCUT2D eigenvalue weighted by atomic mass is 10.2. The summed E-state index contributed by atoms with van der Waals surface area (Å²) in [5.41, 5.74) is 1.10. The van der Waals surface area contributed by atoms with Crippen LogP contribution in [0.4, 0.5) is 5.69 Å². The summed E-state index contributed by atoms with van der Waals surface area (Å²) >= 11 is 3.31. The number of aryl methyl sites for hydroxylation is 1. The summed E-state index contributed by atoms with van der Waals surface area (Å²) < 4.78 is 35.9. The molecule has 1 heterocycles. The van der Waals surface area contributed by atoms with Crippen LogP contribution in [0, 0.1) is 6.92 Å². The van der Waals surface area contributed by atoms with Crippen LogP contribution in [0.25, 0.3) is 0 Å². The number of nitrogens with one attached hydrogen (secondary N) is 1. The molecule has 26 heavy (non-hydrogen) atoms. The molecule has 0 atom stereocenters. The van der Waals surface area contributed by atoms with E-state index in [1.54, 1.807) is 60.4 Å². The molecule has 1 aromatic heterocycles. The smallest absolute Gasteiger partial charge is 0.262 e. The number of nitrogens with zero attached hydrogens (tertiary/aromatic N) is 3. The molecule has 0 unspecified atom stereocenters. The molecule has 3 aromatic rings. The van der Waals surface area contributed by atoms with Crippen molar-refractivity contribution in [3.63, 3.8) is 0 Å². The molecular weight excluding hydrogens is 420 g/mol. The van der Waals surface area contributed by atoms with E-state index in [0.29, 0.717) is 34.6 Å². The van der Waals surface area contributed by atoms with Gasteiger partial charge >= 0.3 is 0 Å². The van der Waals surface area contributed by atoms with Crippen molar-refractivity contribution in [1.29, 1.82) is 0 Å². The van der Waals surface area contributed by atoms with Crippen LogP contribution in [0.1, 0.15) is 5.56 Å². The highest BCUT2D eigenvalue weighted by molar-refractivity contribution is 9.10. The maximum absolute atomic E-state index is 12.7. The normalized spacial score (nSPS) is 11.3. The fourth-order valence-corrected chi connectivity index (χ4v) is 4.16. The van der Waals surface area contributed by atoms with E-state index in [1.165, 1.54) is 6.33 Å². The van der Waals surface area contributed by atoms with Gasteiger partial charge in [-0.25, -0.2) is 18.1 Å². The SMILES string of the molecule is Cc1ccc(Br)cc1S(=O)(=O)Nc1cccc(OCCn2cncn2)c1. The summed E-state index contributed by atoms with van der Waals surface area (Å²) in [6, 6.07) is 12.0. The molecular formula is C17H17BrN4O3S. The molecule has 0 fully saturated rings. The number of anilines is 1. The Morgan fingerprint density at radius 3 is 2.85 bits per heavy atom. The topological polar surface area (TPSA) is 86.1 Å². The maximum Gasteiger partial charge on any atom is 0.262 e. The van der Waals surface area contributed by atoms with E-state index in [4.69, 9.17) is 4.74 Å². The Morgan fingerprint density at radius 2 is 2.08 bits per heavy atom. The molecule has 136 valence electrons. The fourth-order valence-electron chi connectivity index (χ4n) is 2.33. The van der Waals surface area contributed by atoms with Gasteiger partial charge in [0, 0.05) is 10.5 Å². The number of halogens is 1. The molecule has 0 radical (unpaired) electrons. The van der Waals surface area contributed by atoms with Gasteiger partial charge in [0.05, 0.1) is 17.1 Å². The zero-order valence-electron chi connectivity index (χ0n) is 14.0. The Balaban J connectivity index is 1.70. The van der Waals surface area contributed by atoms with Gasteiger partial charge in [0.1, 0.15) is 25.0 Å². The van der Waals surface area contributed by atoms with Crippen LogP contribution in [0.3, 0.4) is 0 Å². The first kappa shape index (κ1) is 18.4. The molecule has 0 saturated heterocycles. The Labute approximate surface area is 160 Å².